The molecule has 1 heterocycles. The second kappa shape index (κ2) is 11.4. The maximum Gasteiger partial charge on any atom is 0.344 e. The minimum absolute atomic E-state index is 0.0971. The first-order chi connectivity index (χ1) is 15.3. The fraction of sp³-hybridized carbons (Fsp3) is 0.0476. The van der Waals surface area contributed by atoms with Crippen LogP contribution in [0.25, 0.3) is 0 Å². The molecule has 0 atom stereocenters. The van der Waals surface area contributed by atoms with Crippen molar-refractivity contribution >= 4 is 78.4 Å². The lowest BCUT2D eigenvalue weighted by Gasteiger charge is -2.11. The molecule has 0 saturated heterocycles. The molecule has 0 radical (unpaired) electrons. The van der Waals surface area contributed by atoms with Crippen LogP contribution in [-0.2, 0) is 4.79 Å². The van der Waals surface area contributed by atoms with Crippen molar-refractivity contribution in [3.05, 3.63) is 84.2 Å². The first-order valence-corrected chi connectivity index (χ1v) is 11.6. The van der Waals surface area contributed by atoms with Crippen molar-refractivity contribution in [1.29, 1.82) is 0 Å². The molecular formula is C21H14Br2IN3O5. The lowest BCUT2D eigenvalue weighted by Crippen LogP contribution is -2.34. The molecule has 11 heteroatoms. The maximum atomic E-state index is 12.6. The predicted octanol–water partition coefficient (Wildman–Crippen LogP) is 4.51. The van der Waals surface area contributed by atoms with Crippen molar-refractivity contribution in [3.8, 4) is 5.75 Å². The molecule has 0 saturated carbocycles. The summed E-state index contributed by atoms with van der Waals surface area (Å²) >= 11 is 8.81. The van der Waals surface area contributed by atoms with Crippen LogP contribution in [0, 0.1) is 3.57 Å². The number of halogens is 3. The summed E-state index contributed by atoms with van der Waals surface area (Å²) in [6, 6.07) is 13.5. The van der Waals surface area contributed by atoms with Gasteiger partial charge in [0.2, 0.25) is 0 Å². The van der Waals surface area contributed by atoms with Crippen molar-refractivity contribution < 1.29 is 23.5 Å². The Morgan fingerprint density at radius 3 is 2.62 bits per heavy atom. The van der Waals surface area contributed by atoms with E-state index < -0.39 is 17.8 Å². The minimum Gasteiger partial charge on any atom is -0.459 e. The molecule has 2 N–H and O–H groups in total. The van der Waals surface area contributed by atoms with E-state index in [0.717, 1.165) is 3.57 Å². The van der Waals surface area contributed by atoms with Crippen molar-refractivity contribution in [3.63, 3.8) is 0 Å². The summed E-state index contributed by atoms with van der Waals surface area (Å²) in [6.45, 7) is -0.298. The predicted molar refractivity (Wildman–Crippen MR) is 133 cm³/mol. The van der Waals surface area contributed by atoms with Gasteiger partial charge in [-0.3, -0.25) is 9.59 Å². The SMILES string of the molecule is O=C(CNC(=O)c1ccco1)NN=Cc1cc(Br)cc(Br)c1OC(=O)c1ccccc1I. The van der Waals surface area contributed by atoms with Gasteiger partial charge in [-0.1, -0.05) is 28.1 Å². The molecule has 2 aromatic carbocycles. The molecule has 0 fully saturated rings. The first kappa shape index (κ1) is 24.1. The van der Waals surface area contributed by atoms with E-state index in [4.69, 9.17) is 9.15 Å². The lowest BCUT2D eigenvalue weighted by atomic mass is 10.2. The largest absolute Gasteiger partial charge is 0.459 e. The molecule has 32 heavy (non-hydrogen) atoms. The molecule has 2 amide bonds. The molecule has 164 valence electrons. The highest BCUT2D eigenvalue weighted by molar-refractivity contribution is 14.1. The zero-order chi connectivity index (χ0) is 23.1. The second-order valence-corrected chi connectivity index (χ2v) is 9.06. The van der Waals surface area contributed by atoms with Crippen LogP contribution in [0.2, 0.25) is 0 Å². The van der Waals surface area contributed by atoms with Gasteiger partial charge >= 0.3 is 5.97 Å². The fourth-order valence-corrected chi connectivity index (χ4v) is 4.37. The van der Waals surface area contributed by atoms with Crippen LogP contribution in [0.1, 0.15) is 26.5 Å². The smallest absolute Gasteiger partial charge is 0.344 e. The number of rotatable bonds is 7. The minimum atomic E-state index is -0.549. The van der Waals surface area contributed by atoms with Gasteiger partial charge in [-0.05, 0) is 74.9 Å². The van der Waals surface area contributed by atoms with Gasteiger partial charge in [0, 0.05) is 13.6 Å². The Morgan fingerprint density at radius 2 is 1.91 bits per heavy atom. The van der Waals surface area contributed by atoms with Crippen LogP contribution in [0.5, 0.6) is 5.75 Å². The van der Waals surface area contributed by atoms with E-state index in [9.17, 15) is 14.4 Å². The number of nitrogens with one attached hydrogen (secondary N) is 2. The van der Waals surface area contributed by atoms with Gasteiger partial charge in [0.1, 0.15) is 0 Å². The summed E-state index contributed by atoms with van der Waals surface area (Å²) in [5.74, 6) is -1.26. The lowest BCUT2D eigenvalue weighted by molar-refractivity contribution is -0.120. The molecule has 0 aliphatic heterocycles. The molecule has 3 rings (SSSR count). The maximum absolute atomic E-state index is 12.6. The third kappa shape index (κ3) is 6.50. The number of carbonyl (C=O) groups excluding carboxylic acids is 3. The Labute approximate surface area is 213 Å². The Balaban J connectivity index is 1.67. The highest BCUT2D eigenvalue weighted by Gasteiger charge is 2.17. The Bertz CT molecular complexity index is 1180. The Hall–Kier alpha value is -2.51. The van der Waals surface area contributed by atoms with E-state index in [1.54, 1.807) is 36.4 Å². The fourth-order valence-electron chi connectivity index (χ4n) is 2.43. The van der Waals surface area contributed by atoms with Gasteiger partial charge in [0.25, 0.3) is 11.8 Å². The number of hydrogen-bond donors (Lipinski definition) is 2. The van der Waals surface area contributed by atoms with Crippen molar-refractivity contribution in [2.75, 3.05) is 6.54 Å². The normalized spacial score (nSPS) is 10.7. The average molecular weight is 675 g/mol. The number of benzene rings is 2. The van der Waals surface area contributed by atoms with Gasteiger partial charge in [-0.2, -0.15) is 5.10 Å². The van der Waals surface area contributed by atoms with Gasteiger partial charge < -0.3 is 14.5 Å². The standard InChI is InChI=1S/C21H14Br2IN3O5/c22-13-8-12(10-26-27-18(28)11-25-20(29)17-6-3-7-31-17)19(15(23)9-13)32-21(30)14-4-1-2-5-16(14)24/h1-10H,11H2,(H,25,29)(H,27,28). The summed E-state index contributed by atoms with van der Waals surface area (Å²) in [4.78, 5) is 36.4. The average Bonchev–Trinajstić information content (AvgIpc) is 3.29. The number of carbonyl (C=O) groups is 3. The molecule has 1 aromatic heterocycles. The summed E-state index contributed by atoms with van der Waals surface area (Å²) < 4.78 is 12.5. The summed E-state index contributed by atoms with van der Waals surface area (Å²) in [7, 11) is 0. The van der Waals surface area contributed by atoms with Crippen LogP contribution in [0.4, 0.5) is 0 Å². The molecule has 3 aromatic rings. The summed E-state index contributed by atoms with van der Waals surface area (Å²) in [6.07, 6.45) is 2.69. The van der Waals surface area contributed by atoms with Crippen LogP contribution in [0.3, 0.4) is 0 Å². The summed E-state index contributed by atoms with van der Waals surface area (Å²) in [5.41, 5.74) is 3.16. The molecule has 8 nitrogen and oxygen atoms in total. The number of hydrogen-bond acceptors (Lipinski definition) is 6. The highest BCUT2D eigenvalue weighted by Crippen LogP contribution is 2.33. The molecule has 0 spiro atoms. The molecule has 0 unspecified atom stereocenters. The van der Waals surface area contributed by atoms with Gasteiger partial charge in [-0.15, -0.1) is 0 Å². The van der Waals surface area contributed by atoms with Crippen molar-refractivity contribution in [2.24, 2.45) is 5.10 Å². The third-order valence-electron chi connectivity index (χ3n) is 3.87. The van der Waals surface area contributed by atoms with E-state index in [-0.39, 0.29) is 18.1 Å². The monoisotopic (exact) mass is 673 g/mol. The van der Waals surface area contributed by atoms with Crippen LogP contribution in [0.15, 0.2) is 73.3 Å². The van der Waals surface area contributed by atoms with E-state index >= 15 is 0 Å². The van der Waals surface area contributed by atoms with Crippen LogP contribution in [-0.4, -0.2) is 30.5 Å². The molecular weight excluding hydrogens is 661 g/mol. The topological polar surface area (TPSA) is 110 Å². The Kier molecular flexibility index (Phi) is 8.59. The number of hydrazone groups is 1. The Morgan fingerprint density at radius 1 is 1.12 bits per heavy atom. The van der Waals surface area contributed by atoms with E-state index in [2.05, 4.69) is 70.3 Å². The highest BCUT2D eigenvalue weighted by atomic mass is 127. The second-order valence-electron chi connectivity index (χ2n) is 6.13. The van der Waals surface area contributed by atoms with E-state index in [1.807, 2.05) is 6.07 Å². The zero-order valence-corrected chi connectivity index (χ0v) is 21.4. The molecule has 0 aliphatic carbocycles. The van der Waals surface area contributed by atoms with Gasteiger partial charge in [0.15, 0.2) is 11.5 Å². The number of nitrogens with zero attached hydrogens (tertiary/aromatic N) is 1. The number of furan rings is 1. The first-order valence-electron chi connectivity index (χ1n) is 8.94. The van der Waals surface area contributed by atoms with Crippen molar-refractivity contribution in [2.45, 2.75) is 0 Å². The van der Waals surface area contributed by atoms with Crippen molar-refractivity contribution in [1.82, 2.24) is 10.7 Å². The molecule has 0 aliphatic rings. The van der Waals surface area contributed by atoms with Gasteiger partial charge in [-0.25, -0.2) is 10.2 Å². The quantitative estimate of drug-likeness (QED) is 0.126. The number of esters is 1. The van der Waals surface area contributed by atoms with E-state index in [0.29, 0.717) is 20.1 Å². The number of amides is 2. The zero-order valence-electron chi connectivity index (χ0n) is 16.1. The number of ether oxygens (including phenoxy) is 1. The van der Waals surface area contributed by atoms with Gasteiger partial charge in [0.05, 0.1) is 29.1 Å². The summed E-state index contributed by atoms with van der Waals surface area (Å²) in [5, 5.41) is 6.30. The van der Waals surface area contributed by atoms with E-state index in [1.165, 1.54) is 18.5 Å². The van der Waals surface area contributed by atoms with Crippen LogP contribution < -0.4 is 15.5 Å². The molecule has 0 bridgehead atoms. The third-order valence-corrected chi connectivity index (χ3v) is 5.86. The van der Waals surface area contributed by atoms with Crippen LogP contribution >= 0.6 is 54.5 Å².